The van der Waals surface area contributed by atoms with Crippen molar-refractivity contribution in [3.05, 3.63) is 58.8 Å². The molecule has 102 valence electrons. The predicted molar refractivity (Wildman–Crippen MR) is 85.7 cm³/mol. The van der Waals surface area contributed by atoms with Crippen molar-refractivity contribution in [2.45, 2.75) is 37.5 Å². The number of hydrogen-bond acceptors (Lipinski definition) is 2. The summed E-state index contributed by atoms with van der Waals surface area (Å²) in [6.45, 7) is 8.50. The number of aryl methyl sites for hydroxylation is 4. The molecule has 3 rings (SSSR count). The molecule has 0 fully saturated rings. The van der Waals surface area contributed by atoms with Crippen molar-refractivity contribution >= 4 is 22.7 Å². The molecule has 0 N–H and O–H groups in total. The van der Waals surface area contributed by atoms with Crippen LogP contribution in [0.3, 0.4) is 0 Å². The van der Waals surface area contributed by atoms with Crippen molar-refractivity contribution in [1.29, 1.82) is 0 Å². The van der Waals surface area contributed by atoms with Gasteiger partial charge in [0.1, 0.15) is 11.3 Å². The van der Waals surface area contributed by atoms with Crippen LogP contribution in [0.5, 0.6) is 0 Å². The highest BCUT2D eigenvalue weighted by molar-refractivity contribution is 7.99. The molecule has 0 spiro atoms. The minimum Gasteiger partial charge on any atom is -0.460 e. The number of rotatable bonds is 2. The van der Waals surface area contributed by atoms with E-state index in [1.807, 2.05) is 6.07 Å². The summed E-state index contributed by atoms with van der Waals surface area (Å²) in [4.78, 5) is 2.49. The zero-order valence-electron chi connectivity index (χ0n) is 12.3. The maximum absolute atomic E-state index is 6.04. The molecule has 0 aliphatic rings. The number of fused-ring (bicyclic) bond motifs is 1. The Balaban J connectivity index is 2.21. The van der Waals surface area contributed by atoms with Crippen LogP contribution in [0.4, 0.5) is 0 Å². The molecule has 0 atom stereocenters. The topological polar surface area (TPSA) is 13.1 Å². The molecular weight excluding hydrogens is 264 g/mol. The minimum absolute atomic E-state index is 1.01. The van der Waals surface area contributed by atoms with Gasteiger partial charge in [-0.15, -0.1) is 0 Å². The molecule has 20 heavy (non-hydrogen) atoms. The van der Waals surface area contributed by atoms with Gasteiger partial charge in [0.05, 0.1) is 4.90 Å². The molecule has 3 aromatic rings. The number of furan rings is 1. The van der Waals surface area contributed by atoms with Gasteiger partial charge in [-0.25, -0.2) is 0 Å². The lowest BCUT2D eigenvalue weighted by molar-refractivity contribution is 0.566. The fourth-order valence-corrected chi connectivity index (χ4v) is 3.64. The zero-order valence-corrected chi connectivity index (χ0v) is 13.1. The number of benzene rings is 2. The van der Waals surface area contributed by atoms with E-state index in [1.54, 1.807) is 11.8 Å². The van der Waals surface area contributed by atoms with E-state index in [2.05, 4.69) is 58.0 Å². The summed E-state index contributed by atoms with van der Waals surface area (Å²) < 4.78 is 6.04. The quantitative estimate of drug-likeness (QED) is 0.587. The fraction of sp³-hybridized carbons (Fsp3) is 0.222. The summed E-state index contributed by atoms with van der Waals surface area (Å²) in [7, 11) is 0. The van der Waals surface area contributed by atoms with Gasteiger partial charge in [0.25, 0.3) is 0 Å². The van der Waals surface area contributed by atoms with E-state index in [0.29, 0.717) is 0 Å². The van der Waals surface area contributed by atoms with E-state index in [0.717, 1.165) is 11.3 Å². The monoisotopic (exact) mass is 282 g/mol. The Morgan fingerprint density at radius 2 is 1.60 bits per heavy atom. The maximum Gasteiger partial charge on any atom is 0.138 e. The highest BCUT2D eigenvalue weighted by Gasteiger charge is 2.17. The van der Waals surface area contributed by atoms with Gasteiger partial charge in [0.15, 0.2) is 0 Å². The normalized spacial score (nSPS) is 11.2. The second kappa shape index (κ2) is 5.02. The lowest BCUT2D eigenvalue weighted by Gasteiger charge is -2.06. The molecule has 0 radical (unpaired) electrons. The van der Waals surface area contributed by atoms with E-state index < -0.39 is 0 Å². The first-order chi connectivity index (χ1) is 9.58. The summed E-state index contributed by atoms with van der Waals surface area (Å²) in [6.07, 6.45) is 0. The van der Waals surface area contributed by atoms with Crippen LogP contribution in [0, 0.1) is 27.7 Å². The van der Waals surface area contributed by atoms with Gasteiger partial charge < -0.3 is 4.42 Å². The van der Waals surface area contributed by atoms with Gasteiger partial charge in [-0.2, -0.15) is 0 Å². The van der Waals surface area contributed by atoms with Crippen LogP contribution in [0.2, 0.25) is 0 Å². The fourth-order valence-electron chi connectivity index (χ4n) is 2.57. The summed E-state index contributed by atoms with van der Waals surface area (Å²) >= 11 is 1.79. The summed E-state index contributed by atoms with van der Waals surface area (Å²) in [6, 6.07) is 12.7. The molecule has 1 nitrogen and oxygen atoms in total. The van der Waals surface area contributed by atoms with Gasteiger partial charge in [-0.05, 0) is 56.5 Å². The molecule has 1 heterocycles. The molecule has 1 aromatic heterocycles. The van der Waals surface area contributed by atoms with Crippen LogP contribution in [0.15, 0.2) is 50.6 Å². The average molecular weight is 282 g/mol. The summed E-state index contributed by atoms with van der Waals surface area (Å²) in [5.74, 6) is 1.01. The molecule has 2 heteroatoms. The second-order valence-electron chi connectivity index (χ2n) is 5.24. The Hall–Kier alpha value is -1.67. The van der Waals surface area contributed by atoms with Gasteiger partial charge in [0, 0.05) is 10.3 Å². The van der Waals surface area contributed by atoms with Crippen LogP contribution >= 0.6 is 11.8 Å². The Morgan fingerprint density at radius 1 is 0.900 bits per heavy atom. The highest BCUT2D eigenvalue weighted by Crippen LogP contribution is 2.41. The Labute approximate surface area is 124 Å². The second-order valence-corrected chi connectivity index (χ2v) is 6.33. The van der Waals surface area contributed by atoms with Crippen LogP contribution < -0.4 is 0 Å². The molecule has 0 saturated heterocycles. The lowest BCUT2D eigenvalue weighted by Crippen LogP contribution is -1.85. The first-order valence-electron chi connectivity index (χ1n) is 6.80. The van der Waals surface area contributed by atoms with Crippen molar-refractivity contribution < 1.29 is 4.42 Å². The maximum atomic E-state index is 6.04. The van der Waals surface area contributed by atoms with E-state index in [-0.39, 0.29) is 0 Å². The third-order valence-electron chi connectivity index (χ3n) is 3.75. The van der Waals surface area contributed by atoms with Gasteiger partial charge in [-0.3, -0.25) is 0 Å². The molecule has 0 saturated carbocycles. The largest absolute Gasteiger partial charge is 0.460 e. The predicted octanol–water partition coefficient (Wildman–Crippen LogP) is 5.82. The van der Waals surface area contributed by atoms with Crippen molar-refractivity contribution in [2.75, 3.05) is 0 Å². The summed E-state index contributed by atoms with van der Waals surface area (Å²) in [5, 5.41) is 1.26. The zero-order chi connectivity index (χ0) is 14.3. The summed E-state index contributed by atoms with van der Waals surface area (Å²) in [5.41, 5.74) is 4.87. The number of hydrogen-bond donors (Lipinski definition) is 0. The SMILES string of the molecule is Cc1cc(C)c2c(Sc3ccccc3)c(C)oc2c1C. The van der Waals surface area contributed by atoms with Crippen molar-refractivity contribution in [3.63, 3.8) is 0 Å². The van der Waals surface area contributed by atoms with E-state index in [4.69, 9.17) is 4.42 Å². The molecule has 0 aliphatic heterocycles. The Kier molecular flexibility index (Phi) is 3.35. The Bertz CT molecular complexity index is 769. The first-order valence-corrected chi connectivity index (χ1v) is 7.62. The van der Waals surface area contributed by atoms with E-state index >= 15 is 0 Å². The van der Waals surface area contributed by atoms with E-state index in [1.165, 1.54) is 31.9 Å². The Morgan fingerprint density at radius 3 is 2.30 bits per heavy atom. The van der Waals surface area contributed by atoms with Crippen LogP contribution in [0.1, 0.15) is 22.5 Å². The highest BCUT2D eigenvalue weighted by atomic mass is 32.2. The third-order valence-corrected chi connectivity index (χ3v) is 4.96. The molecule has 0 unspecified atom stereocenters. The molecule has 0 bridgehead atoms. The van der Waals surface area contributed by atoms with Gasteiger partial charge in [-0.1, -0.05) is 36.0 Å². The standard InChI is InChI=1S/C18H18OS/c1-11-10-12(2)16-17(13(11)3)19-14(4)18(16)20-15-8-6-5-7-9-15/h5-10H,1-4H3. The van der Waals surface area contributed by atoms with Crippen LogP contribution in [0.25, 0.3) is 11.0 Å². The van der Waals surface area contributed by atoms with Crippen molar-refractivity contribution in [1.82, 2.24) is 0 Å². The lowest BCUT2D eigenvalue weighted by atomic mass is 10.0. The smallest absolute Gasteiger partial charge is 0.138 e. The molecule has 2 aromatic carbocycles. The van der Waals surface area contributed by atoms with E-state index in [9.17, 15) is 0 Å². The van der Waals surface area contributed by atoms with Gasteiger partial charge >= 0.3 is 0 Å². The van der Waals surface area contributed by atoms with Crippen molar-refractivity contribution in [2.24, 2.45) is 0 Å². The molecule has 0 amide bonds. The average Bonchev–Trinajstić information content (AvgIpc) is 2.75. The van der Waals surface area contributed by atoms with Crippen molar-refractivity contribution in [3.8, 4) is 0 Å². The first kappa shape index (κ1) is 13.3. The molecular formula is C18H18OS. The molecule has 0 aliphatic carbocycles. The van der Waals surface area contributed by atoms with Crippen LogP contribution in [-0.2, 0) is 0 Å². The van der Waals surface area contributed by atoms with Crippen LogP contribution in [-0.4, -0.2) is 0 Å². The van der Waals surface area contributed by atoms with Gasteiger partial charge in [0.2, 0.25) is 0 Å². The third kappa shape index (κ3) is 2.14. The minimum atomic E-state index is 1.01.